The Morgan fingerprint density at radius 3 is 2.62 bits per heavy atom. The number of nitrogens with zero attached hydrogens (tertiary/aromatic N) is 3. The van der Waals surface area contributed by atoms with E-state index >= 15 is 0 Å². The second-order valence-electron chi connectivity index (χ2n) is 7.47. The summed E-state index contributed by atoms with van der Waals surface area (Å²) >= 11 is 6.12. The third-order valence-electron chi connectivity index (χ3n) is 5.67. The number of nitrogens with one attached hydrogen (secondary N) is 1. The van der Waals surface area contributed by atoms with Gasteiger partial charge >= 0.3 is 6.03 Å². The second-order valence-corrected chi connectivity index (χ2v) is 10.0. The maximum Gasteiger partial charge on any atom is 0.321 e. The summed E-state index contributed by atoms with van der Waals surface area (Å²) in [7, 11) is -3.39. The number of halogens is 1. The van der Waals surface area contributed by atoms with Crippen molar-refractivity contribution in [1.29, 1.82) is 0 Å². The summed E-state index contributed by atoms with van der Waals surface area (Å²) in [6.45, 7) is 1.79. The number of para-hydroxylation sites is 1. The van der Waals surface area contributed by atoms with E-state index in [1.165, 1.54) is 0 Å². The van der Waals surface area contributed by atoms with Crippen LogP contribution in [0.15, 0.2) is 48.8 Å². The van der Waals surface area contributed by atoms with Gasteiger partial charge in [-0.3, -0.25) is 4.98 Å². The van der Waals surface area contributed by atoms with Gasteiger partial charge < -0.3 is 10.2 Å². The van der Waals surface area contributed by atoms with Crippen molar-refractivity contribution < 1.29 is 13.2 Å². The molecule has 2 atom stereocenters. The van der Waals surface area contributed by atoms with Crippen molar-refractivity contribution in [1.82, 2.24) is 14.2 Å². The lowest BCUT2D eigenvalue weighted by molar-refractivity contribution is 0.212. The number of pyridine rings is 1. The molecule has 2 saturated heterocycles. The smallest absolute Gasteiger partial charge is 0.321 e. The Hall–Kier alpha value is -2.16. The van der Waals surface area contributed by atoms with Gasteiger partial charge in [0.25, 0.3) is 0 Å². The highest BCUT2D eigenvalue weighted by Crippen LogP contribution is 2.35. The zero-order chi connectivity index (χ0) is 20.4. The van der Waals surface area contributed by atoms with Gasteiger partial charge in [0, 0.05) is 38.6 Å². The Kier molecular flexibility index (Phi) is 5.76. The largest absolute Gasteiger partial charge is 0.324 e. The van der Waals surface area contributed by atoms with E-state index in [9.17, 15) is 13.2 Å². The lowest BCUT2D eigenvalue weighted by Gasteiger charge is -2.23. The molecule has 154 valence electrons. The van der Waals surface area contributed by atoms with Gasteiger partial charge in [-0.15, -0.1) is 0 Å². The van der Waals surface area contributed by atoms with Gasteiger partial charge in [0.15, 0.2) is 0 Å². The number of carbonyl (C=O) groups is 1. The number of benzene rings is 1. The van der Waals surface area contributed by atoms with E-state index < -0.39 is 15.3 Å². The van der Waals surface area contributed by atoms with E-state index in [0.717, 1.165) is 5.56 Å². The normalized spacial score (nSPS) is 24.0. The van der Waals surface area contributed by atoms with Gasteiger partial charge in [0.2, 0.25) is 10.0 Å². The van der Waals surface area contributed by atoms with Gasteiger partial charge in [0.05, 0.1) is 16.0 Å². The number of hydrogen-bond donors (Lipinski definition) is 1. The van der Waals surface area contributed by atoms with Crippen LogP contribution in [0.3, 0.4) is 0 Å². The molecule has 1 aromatic heterocycles. The lowest BCUT2D eigenvalue weighted by Crippen LogP contribution is -2.37. The summed E-state index contributed by atoms with van der Waals surface area (Å²) in [6.07, 6.45) is 4.44. The molecule has 2 aliphatic rings. The van der Waals surface area contributed by atoms with Crippen LogP contribution in [0.1, 0.15) is 18.4 Å². The van der Waals surface area contributed by atoms with Crippen LogP contribution in [0.25, 0.3) is 0 Å². The summed E-state index contributed by atoms with van der Waals surface area (Å²) in [4.78, 5) is 18.3. The van der Waals surface area contributed by atoms with Crippen molar-refractivity contribution in [3.05, 3.63) is 59.4 Å². The molecule has 2 fully saturated rings. The molecule has 7 nitrogen and oxygen atoms in total. The van der Waals surface area contributed by atoms with Crippen LogP contribution in [0.2, 0.25) is 5.02 Å². The van der Waals surface area contributed by atoms with Crippen LogP contribution in [-0.4, -0.2) is 53.5 Å². The maximum absolute atomic E-state index is 13.1. The minimum atomic E-state index is -3.39. The number of anilines is 1. The molecule has 0 radical (unpaired) electrons. The van der Waals surface area contributed by atoms with Crippen LogP contribution in [0, 0.1) is 5.92 Å². The van der Waals surface area contributed by atoms with Crippen LogP contribution >= 0.6 is 11.6 Å². The topological polar surface area (TPSA) is 82.6 Å². The van der Waals surface area contributed by atoms with Gasteiger partial charge in [-0.05, 0) is 48.6 Å². The first-order chi connectivity index (χ1) is 13.9. The number of likely N-dealkylation sites (tertiary alicyclic amines) is 1. The van der Waals surface area contributed by atoms with Crippen molar-refractivity contribution in [2.75, 3.05) is 25.0 Å². The summed E-state index contributed by atoms with van der Waals surface area (Å²) in [5.74, 6) is 0.0277. The predicted molar refractivity (Wildman–Crippen MR) is 112 cm³/mol. The summed E-state index contributed by atoms with van der Waals surface area (Å²) in [5.41, 5.74) is 1.49. The molecule has 0 aliphatic carbocycles. The first-order valence-electron chi connectivity index (χ1n) is 9.63. The number of hydrogen-bond acceptors (Lipinski definition) is 4. The van der Waals surface area contributed by atoms with Gasteiger partial charge in [-0.2, -0.15) is 4.31 Å². The summed E-state index contributed by atoms with van der Waals surface area (Å²) in [6, 6.07) is 10.5. The Morgan fingerprint density at radius 1 is 1.14 bits per heavy atom. The molecule has 1 aromatic carbocycles. The minimum Gasteiger partial charge on any atom is -0.324 e. The van der Waals surface area contributed by atoms with Crippen LogP contribution < -0.4 is 5.32 Å². The molecule has 4 rings (SSSR count). The predicted octanol–water partition coefficient (Wildman–Crippen LogP) is 3.19. The Balaban J connectivity index is 1.41. The molecule has 0 saturated carbocycles. The summed E-state index contributed by atoms with van der Waals surface area (Å²) in [5, 5.41) is 2.86. The molecule has 2 amide bonds. The van der Waals surface area contributed by atoms with Crippen molar-refractivity contribution in [3.8, 4) is 0 Å². The zero-order valence-corrected chi connectivity index (χ0v) is 17.4. The zero-order valence-electron chi connectivity index (χ0n) is 15.9. The Bertz CT molecular complexity index is 986. The van der Waals surface area contributed by atoms with E-state index in [2.05, 4.69) is 10.3 Å². The highest BCUT2D eigenvalue weighted by molar-refractivity contribution is 7.90. The molecular weight excluding hydrogens is 412 g/mol. The van der Waals surface area contributed by atoms with Gasteiger partial charge in [0.1, 0.15) is 0 Å². The van der Waals surface area contributed by atoms with E-state index in [0.29, 0.717) is 49.7 Å². The minimum absolute atomic E-state index is 0.0277. The Labute approximate surface area is 175 Å². The van der Waals surface area contributed by atoms with E-state index in [1.54, 1.807) is 45.9 Å². The molecule has 0 unspecified atom stereocenters. The standard InChI is InChI=1S/C20H23ClN4O3S/c21-17-3-1-2-4-18(17)23-20(26)24-11-7-16-14-25(13-15-5-9-22-10-6-15)29(27,28)19(16)8-12-24/h1-6,9-10,16,19H,7-8,11-14H2,(H,23,26)/t16-,19-/m1/s1. The highest BCUT2D eigenvalue weighted by atomic mass is 35.5. The fourth-order valence-electron chi connectivity index (χ4n) is 4.10. The van der Waals surface area contributed by atoms with Crippen LogP contribution in [-0.2, 0) is 16.6 Å². The van der Waals surface area contributed by atoms with Crippen molar-refractivity contribution in [2.45, 2.75) is 24.6 Å². The van der Waals surface area contributed by atoms with Crippen molar-refractivity contribution in [3.63, 3.8) is 0 Å². The van der Waals surface area contributed by atoms with Gasteiger partial charge in [-0.25, -0.2) is 13.2 Å². The first-order valence-corrected chi connectivity index (χ1v) is 11.5. The average Bonchev–Trinajstić information content (AvgIpc) is 2.85. The number of fused-ring (bicyclic) bond motifs is 1. The number of sulfonamides is 1. The maximum atomic E-state index is 13.1. The van der Waals surface area contributed by atoms with E-state index in [4.69, 9.17) is 11.6 Å². The summed E-state index contributed by atoms with van der Waals surface area (Å²) < 4.78 is 27.7. The number of rotatable bonds is 3. The third kappa shape index (κ3) is 4.24. The molecule has 2 aromatic rings. The Morgan fingerprint density at radius 2 is 1.86 bits per heavy atom. The monoisotopic (exact) mass is 434 g/mol. The van der Waals surface area contributed by atoms with E-state index in [1.807, 2.05) is 12.1 Å². The molecular formula is C20H23ClN4O3S. The number of urea groups is 1. The molecule has 9 heteroatoms. The molecule has 29 heavy (non-hydrogen) atoms. The number of carbonyl (C=O) groups excluding carboxylic acids is 1. The highest BCUT2D eigenvalue weighted by Gasteiger charge is 2.47. The van der Waals surface area contributed by atoms with Crippen molar-refractivity contribution in [2.24, 2.45) is 5.92 Å². The molecule has 1 N–H and O–H groups in total. The first kappa shape index (κ1) is 20.1. The molecule has 3 heterocycles. The molecule has 0 spiro atoms. The number of aromatic nitrogens is 1. The number of amides is 2. The second kappa shape index (κ2) is 8.30. The third-order valence-corrected chi connectivity index (χ3v) is 8.38. The van der Waals surface area contributed by atoms with Crippen LogP contribution in [0.4, 0.5) is 10.5 Å². The van der Waals surface area contributed by atoms with Crippen LogP contribution in [0.5, 0.6) is 0 Å². The quantitative estimate of drug-likeness (QED) is 0.804. The molecule has 0 bridgehead atoms. The SMILES string of the molecule is O=C(Nc1ccccc1Cl)N1CC[C@@H]2CN(Cc3ccncc3)S(=O)(=O)[C@@H]2CC1. The molecule has 2 aliphatic heterocycles. The average molecular weight is 435 g/mol. The van der Waals surface area contributed by atoms with Crippen molar-refractivity contribution >= 4 is 33.3 Å². The fourth-order valence-corrected chi connectivity index (χ4v) is 6.51. The lowest BCUT2D eigenvalue weighted by atomic mass is 10.0. The van der Waals surface area contributed by atoms with E-state index in [-0.39, 0.29) is 11.9 Å². The fraction of sp³-hybridized carbons (Fsp3) is 0.400. The van der Waals surface area contributed by atoms with Gasteiger partial charge in [-0.1, -0.05) is 23.7 Å².